The van der Waals surface area contributed by atoms with Crippen LogP contribution < -0.4 is 10.2 Å². The van der Waals surface area contributed by atoms with Gasteiger partial charge in [-0.25, -0.2) is 0 Å². The summed E-state index contributed by atoms with van der Waals surface area (Å²) in [6.45, 7) is 7.50. The Balaban J connectivity index is 1.64. The van der Waals surface area contributed by atoms with Gasteiger partial charge in [-0.15, -0.1) is 0 Å². The summed E-state index contributed by atoms with van der Waals surface area (Å²) in [5.74, 6) is 0.812. The quantitative estimate of drug-likeness (QED) is 0.794. The van der Waals surface area contributed by atoms with Gasteiger partial charge in [-0.1, -0.05) is 38.1 Å². The summed E-state index contributed by atoms with van der Waals surface area (Å²) in [7, 11) is 0. The molecule has 0 saturated heterocycles. The third-order valence-corrected chi connectivity index (χ3v) is 5.03. The molecule has 0 aliphatic heterocycles. The van der Waals surface area contributed by atoms with E-state index in [0.29, 0.717) is 18.0 Å². The zero-order valence-corrected chi connectivity index (χ0v) is 14.1. The van der Waals surface area contributed by atoms with Crippen LogP contribution in [0.15, 0.2) is 24.3 Å². The van der Waals surface area contributed by atoms with E-state index in [2.05, 4.69) is 50.4 Å². The van der Waals surface area contributed by atoms with Gasteiger partial charge in [0.25, 0.3) is 5.91 Å². The van der Waals surface area contributed by atoms with Gasteiger partial charge in [0.1, 0.15) is 6.54 Å². The van der Waals surface area contributed by atoms with Gasteiger partial charge in [0.15, 0.2) is 6.04 Å². The Bertz CT molecular complexity index is 515. The van der Waals surface area contributed by atoms with Gasteiger partial charge in [-0.3, -0.25) is 4.79 Å². The van der Waals surface area contributed by atoms with E-state index in [1.54, 1.807) is 0 Å². The maximum atomic E-state index is 12.4. The minimum absolute atomic E-state index is 0.0536. The van der Waals surface area contributed by atoms with Crippen molar-refractivity contribution < 1.29 is 9.69 Å². The summed E-state index contributed by atoms with van der Waals surface area (Å²) in [5.41, 5.74) is 2.73. The topological polar surface area (TPSA) is 33.5 Å². The standard InChI is InChI=1S/C19H28N2O/c1-13(2)16-6-4-15(5-7-16)12-21(18-10-11-18)14(3)19(22)20-17-8-9-17/h4-7,13-14,17-18H,8-12H2,1-3H3,(H,20,22)/p+1/t14-/m0/s1. The lowest BCUT2D eigenvalue weighted by molar-refractivity contribution is -0.938. The Kier molecular flexibility index (Phi) is 4.53. The molecule has 1 aromatic rings. The minimum Gasteiger partial charge on any atom is -0.348 e. The summed E-state index contributed by atoms with van der Waals surface area (Å²) >= 11 is 0. The number of hydrogen-bond acceptors (Lipinski definition) is 1. The molecule has 2 aliphatic carbocycles. The molecule has 120 valence electrons. The molecule has 2 atom stereocenters. The van der Waals surface area contributed by atoms with Crippen LogP contribution in [-0.4, -0.2) is 24.0 Å². The third kappa shape index (κ3) is 3.89. The normalized spacial score (nSPS) is 20.7. The summed E-state index contributed by atoms with van der Waals surface area (Å²) in [4.78, 5) is 13.8. The monoisotopic (exact) mass is 301 g/mol. The number of benzene rings is 1. The summed E-state index contributed by atoms with van der Waals surface area (Å²) < 4.78 is 0. The SMILES string of the molecule is CC(C)c1ccc(C[NH+](C2CC2)[C@@H](C)C(=O)NC2CC2)cc1. The molecule has 1 aromatic carbocycles. The Labute approximate surface area is 134 Å². The molecule has 2 saturated carbocycles. The largest absolute Gasteiger partial charge is 0.348 e. The first-order valence-electron chi connectivity index (χ1n) is 8.79. The molecule has 3 nitrogen and oxygen atoms in total. The van der Waals surface area contributed by atoms with Crippen LogP contribution in [0.5, 0.6) is 0 Å². The zero-order chi connectivity index (χ0) is 15.7. The molecule has 3 heteroatoms. The molecule has 2 N–H and O–H groups in total. The van der Waals surface area contributed by atoms with E-state index in [1.807, 2.05) is 0 Å². The number of hydrogen-bond donors (Lipinski definition) is 2. The second kappa shape index (κ2) is 6.41. The van der Waals surface area contributed by atoms with E-state index in [4.69, 9.17) is 0 Å². The lowest BCUT2D eigenvalue weighted by Crippen LogP contribution is -3.16. The number of nitrogens with one attached hydrogen (secondary N) is 2. The van der Waals surface area contributed by atoms with Crippen LogP contribution in [0.1, 0.15) is 63.5 Å². The highest BCUT2D eigenvalue weighted by atomic mass is 16.2. The second-order valence-electron chi connectivity index (χ2n) is 7.43. The molecule has 1 unspecified atom stereocenters. The Morgan fingerprint density at radius 3 is 2.27 bits per heavy atom. The van der Waals surface area contributed by atoms with E-state index in [9.17, 15) is 4.79 Å². The Morgan fingerprint density at radius 1 is 1.14 bits per heavy atom. The van der Waals surface area contributed by atoms with Crippen LogP contribution in [0, 0.1) is 0 Å². The van der Waals surface area contributed by atoms with E-state index < -0.39 is 0 Å². The van der Waals surface area contributed by atoms with E-state index >= 15 is 0 Å². The van der Waals surface area contributed by atoms with Crippen molar-refractivity contribution in [2.45, 2.75) is 77.0 Å². The van der Waals surface area contributed by atoms with Crippen molar-refractivity contribution in [2.75, 3.05) is 0 Å². The minimum atomic E-state index is 0.0536. The highest BCUT2D eigenvalue weighted by Gasteiger charge is 2.40. The molecule has 0 aromatic heterocycles. The fourth-order valence-corrected chi connectivity index (χ4v) is 3.08. The lowest BCUT2D eigenvalue weighted by atomic mass is 10.0. The number of quaternary nitrogens is 1. The van der Waals surface area contributed by atoms with Crippen LogP contribution >= 0.6 is 0 Å². The van der Waals surface area contributed by atoms with Crippen molar-refractivity contribution in [3.8, 4) is 0 Å². The molecule has 3 rings (SSSR count). The lowest BCUT2D eigenvalue weighted by Gasteiger charge is -2.25. The molecule has 22 heavy (non-hydrogen) atoms. The van der Waals surface area contributed by atoms with Gasteiger partial charge in [0.2, 0.25) is 0 Å². The first-order chi connectivity index (χ1) is 10.5. The first kappa shape index (κ1) is 15.5. The number of carbonyl (C=O) groups is 1. The van der Waals surface area contributed by atoms with Crippen molar-refractivity contribution in [3.63, 3.8) is 0 Å². The average Bonchev–Trinajstić information content (AvgIpc) is 3.37. The zero-order valence-electron chi connectivity index (χ0n) is 14.1. The summed E-state index contributed by atoms with van der Waals surface area (Å²) in [5, 5.41) is 3.17. The average molecular weight is 301 g/mol. The van der Waals surface area contributed by atoms with E-state index in [-0.39, 0.29) is 11.9 Å². The first-order valence-corrected chi connectivity index (χ1v) is 8.79. The molecular weight excluding hydrogens is 272 g/mol. The van der Waals surface area contributed by atoms with Gasteiger partial charge in [-0.05, 0) is 31.2 Å². The van der Waals surface area contributed by atoms with Crippen molar-refractivity contribution in [3.05, 3.63) is 35.4 Å². The molecular formula is C19H29N2O+. The van der Waals surface area contributed by atoms with Crippen LogP contribution in [-0.2, 0) is 11.3 Å². The molecule has 2 aliphatic rings. The predicted molar refractivity (Wildman–Crippen MR) is 88.8 cm³/mol. The van der Waals surface area contributed by atoms with Gasteiger partial charge in [0.05, 0.1) is 6.04 Å². The number of amides is 1. The van der Waals surface area contributed by atoms with Crippen LogP contribution in [0.2, 0.25) is 0 Å². The fraction of sp³-hybridized carbons (Fsp3) is 0.632. The maximum absolute atomic E-state index is 12.4. The molecule has 0 spiro atoms. The van der Waals surface area contributed by atoms with Crippen molar-refractivity contribution in [2.24, 2.45) is 0 Å². The van der Waals surface area contributed by atoms with Gasteiger partial charge in [-0.2, -0.15) is 0 Å². The smallest absolute Gasteiger partial charge is 0.278 e. The Hall–Kier alpha value is -1.35. The highest BCUT2D eigenvalue weighted by Crippen LogP contribution is 2.20. The van der Waals surface area contributed by atoms with E-state index in [1.165, 1.54) is 28.9 Å². The predicted octanol–water partition coefficient (Wildman–Crippen LogP) is 2.02. The van der Waals surface area contributed by atoms with Gasteiger partial charge in [0, 0.05) is 24.4 Å². The molecule has 0 bridgehead atoms. The molecule has 1 amide bonds. The summed E-state index contributed by atoms with van der Waals surface area (Å²) in [6.07, 6.45) is 4.85. The summed E-state index contributed by atoms with van der Waals surface area (Å²) in [6, 6.07) is 10.1. The fourth-order valence-electron chi connectivity index (χ4n) is 3.08. The Morgan fingerprint density at radius 2 is 1.77 bits per heavy atom. The third-order valence-electron chi connectivity index (χ3n) is 5.03. The second-order valence-corrected chi connectivity index (χ2v) is 7.43. The van der Waals surface area contributed by atoms with Crippen molar-refractivity contribution in [1.29, 1.82) is 0 Å². The van der Waals surface area contributed by atoms with Crippen LogP contribution in [0.4, 0.5) is 0 Å². The van der Waals surface area contributed by atoms with Gasteiger partial charge >= 0.3 is 0 Å². The van der Waals surface area contributed by atoms with E-state index in [0.717, 1.165) is 19.4 Å². The van der Waals surface area contributed by atoms with Crippen molar-refractivity contribution in [1.82, 2.24) is 5.32 Å². The van der Waals surface area contributed by atoms with Gasteiger partial charge < -0.3 is 10.2 Å². The number of carbonyl (C=O) groups excluding carboxylic acids is 1. The maximum Gasteiger partial charge on any atom is 0.278 e. The van der Waals surface area contributed by atoms with Crippen LogP contribution in [0.25, 0.3) is 0 Å². The van der Waals surface area contributed by atoms with Crippen molar-refractivity contribution >= 4 is 5.91 Å². The molecule has 0 heterocycles. The van der Waals surface area contributed by atoms with Crippen LogP contribution in [0.3, 0.4) is 0 Å². The highest BCUT2D eigenvalue weighted by molar-refractivity contribution is 5.80. The molecule has 2 fully saturated rings. The number of rotatable bonds is 7. The molecule has 0 radical (unpaired) electrons.